The van der Waals surface area contributed by atoms with Crippen LogP contribution in [-0.2, 0) is 17.8 Å². The molecule has 0 spiro atoms. The van der Waals surface area contributed by atoms with Crippen molar-refractivity contribution in [1.29, 1.82) is 0 Å². The fraction of sp³-hybridized carbons (Fsp3) is 0.333. The molecule has 0 unspecified atom stereocenters. The van der Waals surface area contributed by atoms with Gasteiger partial charge in [-0.3, -0.25) is 4.79 Å². The number of benzene rings is 1. The number of halogens is 1. The first kappa shape index (κ1) is 18.1. The minimum absolute atomic E-state index is 0.0382. The van der Waals surface area contributed by atoms with Crippen LogP contribution in [0.1, 0.15) is 18.9 Å². The summed E-state index contributed by atoms with van der Waals surface area (Å²) in [5, 5.41) is 12.1. The van der Waals surface area contributed by atoms with Crippen molar-refractivity contribution in [2.24, 2.45) is 0 Å². The highest BCUT2D eigenvalue weighted by Gasteiger charge is 2.10. The van der Waals surface area contributed by atoms with Crippen molar-refractivity contribution < 1.29 is 4.79 Å². The number of fused-ring (bicyclic) bond motifs is 1. The van der Waals surface area contributed by atoms with Crippen LogP contribution >= 0.6 is 11.6 Å². The lowest BCUT2D eigenvalue weighted by Gasteiger charge is -2.07. The molecule has 136 valence electrons. The summed E-state index contributed by atoms with van der Waals surface area (Å²) in [4.78, 5) is 20.6. The van der Waals surface area contributed by atoms with Crippen molar-refractivity contribution in [3.8, 4) is 0 Å². The van der Waals surface area contributed by atoms with Gasteiger partial charge in [0.2, 0.25) is 5.91 Å². The highest BCUT2D eigenvalue weighted by molar-refractivity contribution is 6.30. The Kier molecular flexibility index (Phi) is 6.01. The van der Waals surface area contributed by atoms with Crippen molar-refractivity contribution in [2.75, 3.05) is 18.4 Å². The maximum atomic E-state index is 12.1. The molecule has 0 aliphatic heterocycles. The lowest BCUT2D eigenvalue weighted by Crippen LogP contribution is -2.28. The summed E-state index contributed by atoms with van der Waals surface area (Å²) in [7, 11) is 0. The minimum atomic E-state index is -0.0382. The maximum absolute atomic E-state index is 12.1. The van der Waals surface area contributed by atoms with E-state index in [2.05, 4.69) is 32.6 Å². The van der Waals surface area contributed by atoms with E-state index < -0.39 is 0 Å². The number of amides is 1. The van der Waals surface area contributed by atoms with Gasteiger partial charge in [-0.25, -0.2) is 14.6 Å². The van der Waals surface area contributed by atoms with Crippen LogP contribution in [0.25, 0.3) is 11.0 Å². The van der Waals surface area contributed by atoms with Crippen LogP contribution in [0, 0.1) is 0 Å². The Morgan fingerprint density at radius 1 is 1.19 bits per heavy atom. The number of aromatic nitrogens is 4. The van der Waals surface area contributed by atoms with Crippen molar-refractivity contribution in [2.45, 2.75) is 26.3 Å². The Labute approximate surface area is 156 Å². The van der Waals surface area contributed by atoms with E-state index in [-0.39, 0.29) is 5.91 Å². The Balaban J connectivity index is 1.56. The van der Waals surface area contributed by atoms with Crippen LogP contribution < -0.4 is 10.6 Å². The molecule has 0 aliphatic carbocycles. The van der Waals surface area contributed by atoms with E-state index in [0.29, 0.717) is 24.5 Å². The van der Waals surface area contributed by atoms with Gasteiger partial charge < -0.3 is 10.6 Å². The Morgan fingerprint density at radius 3 is 2.77 bits per heavy atom. The van der Waals surface area contributed by atoms with E-state index in [1.165, 1.54) is 6.33 Å². The van der Waals surface area contributed by atoms with Gasteiger partial charge in [0, 0.05) is 18.1 Å². The van der Waals surface area contributed by atoms with Crippen LogP contribution in [0.3, 0.4) is 0 Å². The molecule has 2 aromatic heterocycles. The normalized spacial score (nSPS) is 10.8. The molecule has 1 aromatic carbocycles. The molecule has 3 rings (SSSR count). The van der Waals surface area contributed by atoms with Gasteiger partial charge in [-0.05, 0) is 24.1 Å². The zero-order valence-corrected chi connectivity index (χ0v) is 15.3. The fourth-order valence-electron chi connectivity index (χ4n) is 2.59. The van der Waals surface area contributed by atoms with Gasteiger partial charge in [-0.1, -0.05) is 30.7 Å². The highest BCUT2D eigenvalue weighted by Crippen LogP contribution is 2.18. The van der Waals surface area contributed by atoms with Crippen molar-refractivity contribution in [3.05, 3.63) is 47.4 Å². The second-order valence-corrected chi connectivity index (χ2v) is 6.34. The first-order valence-corrected chi connectivity index (χ1v) is 8.96. The predicted molar refractivity (Wildman–Crippen MR) is 102 cm³/mol. The summed E-state index contributed by atoms with van der Waals surface area (Å²) in [6.45, 7) is 3.96. The topological polar surface area (TPSA) is 84.7 Å². The second kappa shape index (κ2) is 8.62. The number of nitrogens with zero attached hydrogens (tertiary/aromatic N) is 4. The molecule has 0 bridgehead atoms. The Hall–Kier alpha value is -2.67. The van der Waals surface area contributed by atoms with Crippen molar-refractivity contribution in [1.82, 2.24) is 25.1 Å². The molecular weight excluding hydrogens is 352 g/mol. The third-order valence-corrected chi connectivity index (χ3v) is 4.15. The molecule has 0 radical (unpaired) electrons. The summed E-state index contributed by atoms with van der Waals surface area (Å²) in [5.41, 5.74) is 1.68. The summed E-state index contributed by atoms with van der Waals surface area (Å²) in [6.07, 6.45) is 4.62. The molecule has 3 aromatic rings. The SMILES string of the molecule is CCCNc1ncnc2c1cnn2CCNC(=O)Cc1ccc(Cl)cc1. The third-order valence-electron chi connectivity index (χ3n) is 3.90. The molecule has 1 amide bonds. The number of hydrogen-bond donors (Lipinski definition) is 2. The standard InChI is InChI=1S/C18H21ClN6O/c1-2-7-21-17-15-11-24-25(18(15)23-12-22-17)9-8-20-16(26)10-13-3-5-14(19)6-4-13/h3-6,11-12H,2,7-10H2,1H3,(H,20,26)(H,21,22,23). The average Bonchev–Trinajstić information content (AvgIpc) is 3.06. The summed E-state index contributed by atoms with van der Waals surface area (Å²) in [6, 6.07) is 7.27. The van der Waals surface area contributed by atoms with Gasteiger partial charge in [0.15, 0.2) is 5.65 Å². The van der Waals surface area contributed by atoms with E-state index in [1.807, 2.05) is 12.1 Å². The summed E-state index contributed by atoms with van der Waals surface area (Å²) < 4.78 is 1.77. The third kappa shape index (κ3) is 4.49. The van der Waals surface area contributed by atoms with E-state index in [1.54, 1.807) is 23.0 Å². The van der Waals surface area contributed by atoms with E-state index in [9.17, 15) is 4.79 Å². The number of anilines is 1. The predicted octanol–water partition coefficient (Wildman–Crippen LogP) is 2.66. The zero-order valence-electron chi connectivity index (χ0n) is 14.6. The molecule has 2 N–H and O–H groups in total. The van der Waals surface area contributed by atoms with Crippen LogP contribution in [0.5, 0.6) is 0 Å². The number of hydrogen-bond acceptors (Lipinski definition) is 5. The molecule has 0 saturated carbocycles. The minimum Gasteiger partial charge on any atom is -0.369 e. The van der Waals surface area contributed by atoms with Crippen LogP contribution in [0.4, 0.5) is 5.82 Å². The summed E-state index contributed by atoms with van der Waals surface area (Å²) >= 11 is 5.85. The lowest BCUT2D eigenvalue weighted by atomic mass is 10.1. The highest BCUT2D eigenvalue weighted by atomic mass is 35.5. The molecule has 0 aliphatic rings. The first-order valence-electron chi connectivity index (χ1n) is 8.59. The average molecular weight is 373 g/mol. The van der Waals surface area contributed by atoms with Gasteiger partial charge in [0.1, 0.15) is 12.1 Å². The Morgan fingerprint density at radius 2 is 2.00 bits per heavy atom. The van der Waals surface area contributed by atoms with Gasteiger partial charge in [0.05, 0.1) is 24.5 Å². The molecule has 0 saturated heterocycles. The number of nitrogens with one attached hydrogen (secondary N) is 2. The van der Waals surface area contributed by atoms with E-state index in [4.69, 9.17) is 11.6 Å². The monoisotopic (exact) mass is 372 g/mol. The lowest BCUT2D eigenvalue weighted by molar-refractivity contribution is -0.120. The molecule has 8 heteroatoms. The van der Waals surface area contributed by atoms with Crippen LogP contribution in [0.2, 0.25) is 5.02 Å². The molecule has 26 heavy (non-hydrogen) atoms. The van der Waals surface area contributed by atoms with E-state index >= 15 is 0 Å². The van der Waals surface area contributed by atoms with Crippen molar-refractivity contribution >= 4 is 34.4 Å². The molecular formula is C18H21ClN6O. The zero-order chi connectivity index (χ0) is 18.4. The smallest absolute Gasteiger partial charge is 0.224 e. The Bertz CT molecular complexity index is 877. The van der Waals surface area contributed by atoms with Crippen LogP contribution in [0.15, 0.2) is 36.8 Å². The second-order valence-electron chi connectivity index (χ2n) is 5.91. The number of carbonyl (C=O) groups is 1. The quantitative estimate of drug-likeness (QED) is 0.635. The van der Waals surface area contributed by atoms with Gasteiger partial charge in [-0.15, -0.1) is 0 Å². The molecule has 0 atom stereocenters. The molecule has 0 fully saturated rings. The van der Waals surface area contributed by atoms with E-state index in [0.717, 1.165) is 35.4 Å². The van der Waals surface area contributed by atoms with Gasteiger partial charge in [-0.2, -0.15) is 5.10 Å². The molecule has 2 heterocycles. The first-order chi connectivity index (χ1) is 12.7. The van der Waals surface area contributed by atoms with Crippen LogP contribution in [-0.4, -0.2) is 38.7 Å². The largest absolute Gasteiger partial charge is 0.369 e. The number of carbonyl (C=O) groups excluding carboxylic acids is 1. The van der Waals surface area contributed by atoms with Crippen molar-refractivity contribution in [3.63, 3.8) is 0 Å². The van der Waals surface area contributed by atoms with Gasteiger partial charge in [0.25, 0.3) is 0 Å². The molecule has 7 nitrogen and oxygen atoms in total. The van der Waals surface area contributed by atoms with Gasteiger partial charge >= 0.3 is 0 Å². The maximum Gasteiger partial charge on any atom is 0.224 e. The number of rotatable bonds is 8. The summed E-state index contributed by atoms with van der Waals surface area (Å²) in [5.74, 6) is 0.749. The fourth-order valence-corrected chi connectivity index (χ4v) is 2.72.